The largest absolute Gasteiger partial charge is 0.476 e. The highest BCUT2D eigenvalue weighted by Gasteiger charge is 2.35. The van der Waals surface area contributed by atoms with E-state index in [1.165, 1.54) is 25.8 Å². The molecule has 2 atom stereocenters. The van der Waals surface area contributed by atoms with Crippen LogP contribution in [0.2, 0.25) is 0 Å². The lowest BCUT2D eigenvalue weighted by Crippen LogP contribution is -2.53. The minimum absolute atomic E-state index is 0.505. The second-order valence-corrected chi connectivity index (χ2v) is 6.03. The molecule has 6 heteroatoms. The van der Waals surface area contributed by atoms with Crippen molar-refractivity contribution in [1.82, 2.24) is 14.9 Å². The van der Waals surface area contributed by atoms with Gasteiger partial charge in [-0.15, -0.1) is 0 Å². The molecule has 2 fully saturated rings. The lowest BCUT2D eigenvalue weighted by molar-refractivity contribution is 0.102. The van der Waals surface area contributed by atoms with Crippen LogP contribution in [-0.2, 0) is 0 Å². The van der Waals surface area contributed by atoms with Gasteiger partial charge in [-0.25, -0.2) is 4.98 Å². The highest BCUT2D eigenvalue weighted by atomic mass is 16.5. The number of fused-ring (bicyclic) bond motifs is 1. The Hall–Kier alpha value is -1.56. The molecule has 2 aliphatic rings. The normalized spacial score (nSPS) is 26.5. The summed E-state index contributed by atoms with van der Waals surface area (Å²) in [6, 6.07) is 0.712. The van der Waals surface area contributed by atoms with Crippen molar-refractivity contribution in [2.75, 3.05) is 43.9 Å². The molecule has 0 aromatic carbocycles. The molecule has 0 amide bonds. The van der Waals surface area contributed by atoms with Crippen LogP contribution < -0.4 is 15.4 Å². The smallest absolute Gasteiger partial charge is 0.242 e. The zero-order chi connectivity index (χ0) is 14.8. The molecule has 0 bridgehead atoms. The Morgan fingerprint density at radius 2 is 2.19 bits per heavy atom. The van der Waals surface area contributed by atoms with Gasteiger partial charge in [-0.05, 0) is 45.7 Å². The van der Waals surface area contributed by atoms with Crippen LogP contribution in [0.1, 0.15) is 26.2 Å². The van der Waals surface area contributed by atoms with Gasteiger partial charge in [-0.3, -0.25) is 0 Å². The number of rotatable bonds is 3. The molecular formula is C15H25N5O. The van der Waals surface area contributed by atoms with E-state index in [2.05, 4.69) is 26.8 Å². The molecule has 1 aromatic rings. The highest BCUT2D eigenvalue weighted by Crippen LogP contribution is 2.35. The number of hydrogen-bond donors (Lipinski definition) is 1. The Morgan fingerprint density at radius 1 is 1.33 bits per heavy atom. The van der Waals surface area contributed by atoms with Gasteiger partial charge in [0.25, 0.3) is 0 Å². The fraction of sp³-hybridized carbons (Fsp3) is 0.733. The van der Waals surface area contributed by atoms with Gasteiger partial charge in [0.05, 0.1) is 6.61 Å². The first kappa shape index (κ1) is 14.4. The Bertz CT molecular complexity index is 495. The molecule has 21 heavy (non-hydrogen) atoms. The summed E-state index contributed by atoms with van der Waals surface area (Å²) in [6.45, 7) is 5.76. The van der Waals surface area contributed by atoms with Crippen LogP contribution in [0.25, 0.3) is 0 Å². The first-order chi connectivity index (χ1) is 10.2. The predicted molar refractivity (Wildman–Crippen MR) is 83.6 cm³/mol. The van der Waals surface area contributed by atoms with Crippen molar-refractivity contribution in [2.24, 2.45) is 5.92 Å². The average molecular weight is 291 g/mol. The third-order valence-electron chi connectivity index (χ3n) is 4.75. The molecule has 2 unspecified atom stereocenters. The topological polar surface area (TPSA) is 67.5 Å². The van der Waals surface area contributed by atoms with Crippen molar-refractivity contribution in [3.05, 3.63) is 6.33 Å². The fourth-order valence-electron chi connectivity index (χ4n) is 3.72. The van der Waals surface area contributed by atoms with Crippen molar-refractivity contribution in [3.8, 4) is 5.88 Å². The molecular weight excluding hydrogens is 266 g/mol. The van der Waals surface area contributed by atoms with Crippen LogP contribution in [-0.4, -0.2) is 54.2 Å². The minimum atomic E-state index is 0.505. The number of likely N-dealkylation sites (tertiary alicyclic amines) is 1. The lowest BCUT2D eigenvalue weighted by Gasteiger charge is -2.46. The summed E-state index contributed by atoms with van der Waals surface area (Å²) < 4.78 is 5.48. The van der Waals surface area contributed by atoms with Crippen LogP contribution in [0.3, 0.4) is 0 Å². The zero-order valence-electron chi connectivity index (χ0n) is 13.0. The monoisotopic (exact) mass is 291 g/mol. The van der Waals surface area contributed by atoms with Gasteiger partial charge in [-0.2, -0.15) is 4.98 Å². The Labute approximate surface area is 126 Å². The molecule has 3 rings (SSSR count). The summed E-state index contributed by atoms with van der Waals surface area (Å²) >= 11 is 0. The van der Waals surface area contributed by atoms with Crippen molar-refractivity contribution in [3.63, 3.8) is 0 Å². The quantitative estimate of drug-likeness (QED) is 0.907. The van der Waals surface area contributed by atoms with Crippen molar-refractivity contribution in [1.29, 1.82) is 0 Å². The number of nitrogen functional groups attached to an aromatic ring is 1. The summed E-state index contributed by atoms with van der Waals surface area (Å²) in [5.41, 5.74) is 6.76. The lowest BCUT2D eigenvalue weighted by atomic mass is 9.84. The number of ether oxygens (including phenoxy) is 1. The summed E-state index contributed by atoms with van der Waals surface area (Å²) in [7, 11) is 2.25. The van der Waals surface area contributed by atoms with Crippen LogP contribution >= 0.6 is 0 Å². The number of anilines is 2. The number of hydrogen-bond acceptors (Lipinski definition) is 6. The maximum Gasteiger partial charge on any atom is 0.242 e. The molecule has 1 aromatic heterocycles. The van der Waals surface area contributed by atoms with E-state index in [1.54, 1.807) is 6.33 Å². The standard InChI is InChI=1S/C15H25N5O/c1-3-21-15-13(16)14(17-10-18-15)20-8-6-12-11(9-20)5-4-7-19(12)2/h10-12H,3-9,16H2,1-2H3. The summed E-state index contributed by atoms with van der Waals surface area (Å²) in [4.78, 5) is 13.3. The van der Waals surface area contributed by atoms with E-state index in [0.29, 0.717) is 30.1 Å². The van der Waals surface area contributed by atoms with Gasteiger partial charge >= 0.3 is 0 Å². The van der Waals surface area contributed by atoms with Crippen molar-refractivity contribution in [2.45, 2.75) is 32.2 Å². The van der Waals surface area contributed by atoms with Crippen LogP contribution in [0.5, 0.6) is 5.88 Å². The predicted octanol–water partition coefficient (Wildman–Crippen LogP) is 1.38. The van der Waals surface area contributed by atoms with Gasteiger partial charge < -0.3 is 20.3 Å². The van der Waals surface area contributed by atoms with Crippen molar-refractivity contribution >= 4 is 11.5 Å². The molecule has 6 nitrogen and oxygen atoms in total. The van der Waals surface area contributed by atoms with E-state index in [0.717, 1.165) is 18.9 Å². The van der Waals surface area contributed by atoms with Crippen molar-refractivity contribution < 1.29 is 4.74 Å². The molecule has 2 aliphatic heterocycles. The summed E-state index contributed by atoms with van der Waals surface area (Å²) in [5.74, 6) is 2.05. The Morgan fingerprint density at radius 3 is 3.00 bits per heavy atom. The van der Waals surface area contributed by atoms with E-state index in [9.17, 15) is 0 Å². The average Bonchev–Trinajstić information content (AvgIpc) is 2.49. The highest BCUT2D eigenvalue weighted by molar-refractivity contribution is 5.67. The first-order valence-corrected chi connectivity index (χ1v) is 7.89. The second kappa shape index (κ2) is 6.05. The van der Waals surface area contributed by atoms with Gasteiger partial charge in [-0.1, -0.05) is 0 Å². The fourth-order valence-corrected chi connectivity index (χ4v) is 3.72. The minimum Gasteiger partial charge on any atom is -0.476 e. The molecule has 2 N–H and O–H groups in total. The number of nitrogens with zero attached hydrogens (tertiary/aromatic N) is 4. The zero-order valence-corrected chi connectivity index (χ0v) is 13.0. The molecule has 3 heterocycles. The number of piperidine rings is 2. The van der Waals surface area contributed by atoms with Crippen LogP contribution in [0, 0.1) is 5.92 Å². The number of aromatic nitrogens is 2. The Balaban J connectivity index is 1.78. The molecule has 0 spiro atoms. The van der Waals surface area contributed by atoms with Gasteiger partial charge in [0.2, 0.25) is 5.88 Å². The SMILES string of the molecule is CCOc1ncnc(N2CCC3C(CCCN3C)C2)c1N. The molecule has 0 aliphatic carbocycles. The van der Waals surface area contributed by atoms with E-state index in [1.807, 2.05) is 6.92 Å². The maximum absolute atomic E-state index is 6.19. The molecule has 0 saturated carbocycles. The first-order valence-electron chi connectivity index (χ1n) is 7.89. The van der Waals surface area contributed by atoms with Gasteiger partial charge in [0.1, 0.15) is 12.0 Å². The number of nitrogens with two attached hydrogens (primary N) is 1. The van der Waals surface area contributed by atoms with E-state index in [-0.39, 0.29) is 0 Å². The van der Waals surface area contributed by atoms with Gasteiger partial charge in [0.15, 0.2) is 5.82 Å². The maximum atomic E-state index is 6.19. The molecule has 116 valence electrons. The molecule has 2 saturated heterocycles. The third-order valence-corrected chi connectivity index (χ3v) is 4.75. The van der Waals surface area contributed by atoms with E-state index < -0.39 is 0 Å². The Kier molecular flexibility index (Phi) is 4.14. The third kappa shape index (κ3) is 2.77. The van der Waals surface area contributed by atoms with Crippen LogP contribution in [0.15, 0.2) is 6.33 Å². The van der Waals surface area contributed by atoms with Gasteiger partial charge in [0, 0.05) is 19.1 Å². The molecule has 0 radical (unpaired) electrons. The second-order valence-electron chi connectivity index (χ2n) is 6.03. The summed E-state index contributed by atoms with van der Waals surface area (Å²) in [6.07, 6.45) is 5.31. The summed E-state index contributed by atoms with van der Waals surface area (Å²) in [5, 5.41) is 0. The van der Waals surface area contributed by atoms with E-state index in [4.69, 9.17) is 10.5 Å². The van der Waals surface area contributed by atoms with Crippen LogP contribution in [0.4, 0.5) is 11.5 Å². The van der Waals surface area contributed by atoms with E-state index >= 15 is 0 Å².